The first-order valence-electron chi connectivity index (χ1n) is 14.2. The summed E-state index contributed by atoms with van der Waals surface area (Å²) in [5.74, 6) is 3.07. The normalized spacial score (nSPS) is 20.0. The monoisotopic (exact) mass is 516 g/mol. The van der Waals surface area contributed by atoms with Gasteiger partial charge in [0.1, 0.15) is 35.6 Å². The summed E-state index contributed by atoms with van der Waals surface area (Å²) in [4.78, 5) is 0. The number of benzene rings is 4. The lowest BCUT2D eigenvalue weighted by Crippen LogP contribution is -2.41. The molecule has 4 aromatic carbocycles. The Bertz CT molecular complexity index is 1370. The van der Waals surface area contributed by atoms with Crippen molar-refractivity contribution in [2.24, 2.45) is 0 Å². The number of para-hydroxylation sites is 3. The molecular weight excluding hydrogens is 480 g/mol. The fourth-order valence-electron chi connectivity index (χ4n) is 6.96. The van der Waals surface area contributed by atoms with Crippen molar-refractivity contribution >= 4 is 0 Å². The van der Waals surface area contributed by atoms with Crippen molar-refractivity contribution in [2.45, 2.75) is 79.1 Å². The second-order valence-corrected chi connectivity index (χ2v) is 11.8. The summed E-state index contributed by atoms with van der Waals surface area (Å²) in [6, 6.07) is 19.1. The molecule has 0 spiro atoms. The van der Waals surface area contributed by atoms with Crippen molar-refractivity contribution in [3.8, 4) is 17.2 Å². The Morgan fingerprint density at radius 2 is 0.641 bits per heavy atom. The van der Waals surface area contributed by atoms with Gasteiger partial charge in [-0.2, -0.15) is 0 Å². The molecule has 0 saturated carbocycles. The minimum absolute atomic E-state index is 0.0847. The van der Waals surface area contributed by atoms with Crippen molar-refractivity contribution in [2.75, 3.05) is 0 Å². The fraction of sp³-hybridized carbons (Fsp3) is 0.333. The van der Waals surface area contributed by atoms with E-state index in [1.54, 1.807) is 0 Å². The van der Waals surface area contributed by atoms with Gasteiger partial charge in [0.2, 0.25) is 0 Å². The zero-order chi connectivity index (χ0) is 27.0. The Hall–Kier alpha value is -3.72. The average Bonchev–Trinajstić information content (AvgIpc) is 2.86. The van der Waals surface area contributed by atoms with Gasteiger partial charge in [-0.05, 0) is 91.6 Å². The van der Waals surface area contributed by atoms with E-state index in [-0.39, 0.29) is 18.3 Å². The molecule has 3 atom stereocenters. The van der Waals surface area contributed by atoms with Gasteiger partial charge in [-0.3, -0.25) is 0 Å². The molecule has 39 heavy (non-hydrogen) atoms. The van der Waals surface area contributed by atoms with Gasteiger partial charge in [0, 0.05) is 36.0 Å². The molecule has 7 rings (SSSR count). The van der Waals surface area contributed by atoms with Gasteiger partial charge >= 0.3 is 0 Å². The number of fused-ring (bicyclic) bond motifs is 6. The second-order valence-electron chi connectivity index (χ2n) is 11.8. The van der Waals surface area contributed by atoms with E-state index in [4.69, 9.17) is 14.2 Å². The molecular formula is C36H36O3. The summed E-state index contributed by atoms with van der Waals surface area (Å²) in [6.07, 6.45) is 3.07. The molecule has 198 valence electrons. The van der Waals surface area contributed by atoms with Crippen LogP contribution in [0.15, 0.2) is 54.6 Å². The molecule has 0 heterocycles. The van der Waals surface area contributed by atoms with Gasteiger partial charge in [-0.25, -0.2) is 0 Å². The van der Waals surface area contributed by atoms with E-state index in [1.165, 1.54) is 66.8 Å². The van der Waals surface area contributed by atoms with Crippen molar-refractivity contribution < 1.29 is 14.2 Å². The summed E-state index contributed by atoms with van der Waals surface area (Å²) in [5.41, 5.74) is 15.7. The third kappa shape index (κ3) is 3.70. The van der Waals surface area contributed by atoms with Crippen LogP contribution in [0, 0.1) is 41.5 Å². The van der Waals surface area contributed by atoms with Crippen molar-refractivity contribution in [3.63, 3.8) is 0 Å². The summed E-state index contributed by atoms with van der Waals surface area (Å²) in [7, 11) is 0. The molecule has 0 N–H and O–H groups in total. The molecule has 3 aliphatic rings. The maximum absolute atomic E-state index is 6.73. The molecule has 0 bridgehead atoms. The Morgan fingerprint density at radius 1 is 0.410 bits per heavy atom. The lowest BCUT2D eigenvalue weighted by Gasteiger charge is -2.49. The van der Waals surface area contributed by atoms with Crippen LogP contribution in [0.4, 0.5) is 0 Å². The van der Waals surface area contributed by atoms with Crippen LogP contribution in [-0.2, 0) is 19.3 Å². The zero-order valence-electron chi connectivity index (χ0n) is 23.8. The molecule has 0 aliphatic heterocycles. The Morgan fingerprint density at radius 3 is 0.872 bits per heavy atom. The summed E-state index contributed by atoms with van der Waals surface area (Å²) >= 11 is 0. The van der Waals surface area contributed by atoms with E-state index in [2.05, 4.69) is 96.1 Å². The predicted octanol–water partition coefficient (Wildman–Crippen LogP) is 8.57. The third-order valence-corrected chi connectivity index (χ3v) is 9.09. The zero-order valence-corrected chi connectivity index (χ0v) is 23.8. The topological polar surface area (TPSA) is 27.7 Å². The quantitative estimate of drug-likeness (QED) is 0.257. The summed E-state index contributed by atoms with van der Waals surface area (Å²) < 4.78 is 20.2. The van der Waals surface area contributed by atoms with Crippen molar-refractivity contribution in [1.29, 1.82) is 0 Å². The molecule has 0 fully saturated rings. The van der Waals surface area contributed by atoms with Crippen LogP contribution in [0.1, 0.15) is 85.1 Å². The lowest BCUT2D eigenvalue weighted by molar-refractivity contribution is 0.133. The van der Waals surface area contributed by atoms with Crippen molar-refractivity contribution in [1.82, 2.24) is 0 Å². The molecule has 3 unspecified atom stereocenters. The van der Waals surface area contributed by atoms with E-state index < -0.39 is 0 Å². The number of ether oxygens (including phenoxy) is 3. The summed E-state index contributed by atoms with van der Waals surface area (Å²) in [6.45, 7) is 12.8. The van der Waals surface area contributed by atoms with Gasteiger partial charge in [0.05, 0.1) is 0 Å². The van der Waals surface area contributed by atoms with Crippen LogP contribution in [-0.4, -0.2) is 0 Å². The summed E-state index contributed by atoms with van der Waals surface area (Å²) in [5, 5.41) is 0. The highest BCUT2D eigenvalue weighted by Crippen LogP contribution is 2.58. The number of hydrogen-bond donors (Lipinski definition) is 0. The van der Waals surface area contributed by atoms with Crippen LogP contribution >= 0.6 is 0 Å². The standard InChI is InChI=1S/C36H36O3/c1-19-10-7-11-20(2)34(19)37-28-16-25-31(28)26-17-29(38-35-21(3)12-8-13-22(35)4)33(26)27-18-30(32(25)27)39-36-23(5)14-9-15-24(36)6/h7-15,28-30H,16-18H2,1-6H3. The molecule has 0 radical (unpaired) electrons. The Balaban J connectivity index is 1.27. The minimum Gasteiger partial charge on any atom is -0.485 e. The average molecular weight is 517 g/mol. The molecule has 3 heteroatoms. The highest BCUT2D eigenvalue weighted by Gasteiger charge is 2.49. The van der Waals surface area contributed by atoms with Gasteiger partial charge in [0.15, 0.2) is 0 Å². The van der Waals surface area contributed by atoms with Gasteiger partial charge in [0.25, 0.3) is 0 Å². The smallest absolute Gasteiger partial charge is 0.128 e. The van der Waals surface area contributed by atoms with Gasteiger partial charge in [-0.15, -0.1) is 0 Å². The minimum atomic E-state index is 0.0847. The first-order valence-corrected chi connectivity index (χ1v) is 14.2. The lowest BCUT2D eigenvalue weighted by atomic mass is 9.62. The van der Waals surface area contributed by atoms with E-state index in [1.807, 2.05) is 0 Å². The van der Waals surface area contributed by atoms with Crippen molar-refractivity contribution in [3.05, 3.63) is 121 Å². The van der Waals surface area contributed by atoms with Crippen LogP contribution in [0.5, 0.6) is 17.2 Å². The van der Waals surface area contributed by atoms with Gasteiger partial charge in [-0.1, -0.05) is 54.6 Å². The van der Waals surface area contributed by atoms with E-state index in [9.17, 15) is 0 Å². The molecule has 0 saturated heterocycles. The fourth-order valence-corrected chi connectivity index (χ4v) is 6.96. The van der Waals surface area contributed by atoms with Crippen LogP contribution < -0.4 is 14.2 Å². The largest absolute Gasteiger partial charge is 0.485 e. The molecule has 0 aromatic heterocycles. The number of hydrogen-bond acceptors (Lipinski definition) is 3. The molecule has 4 aromatic rings. The molecule has 3 aliphatic carbocycles. The van der Waals surface area contributed by atoms with Crippen LogP contribution in [0.3, 0.4) is 0 Å². The highest BCUT2D eigenvalue weighted by molar-refractivity contribution is 5.67. The molecule has 3 nitrogen and oxygen atoms in total. The highest BCUT2D eigenvalue weighted by atomic mass is 16.5. The molecule has 0 amide bonds. The first kappa shape index (κ1) is 24.3. The van der Waals surface area contributed by atoms with Gasteiger partial charge < -0.3 is 14.2 Å². The van der Waals surface area contributed by atoms with E-state index >= 15 is 0 Å². The van der Waals surface area contributed by atoms with E-state index in [0.29, 0.717) is 0 Å². The van der Waals surface area contributed by atoms with Crippen LogP contribution in [0.2, 0.25) is 0 Å². The first-order chi connectivity index (χ1) is 18.8. The SMILES string of the molecule is Cc1cccc(C)c1OC1Cc2c1c1c(c3c2C(Oc2c(C)cccc2C)C3)C(Oc2c(C)cccc2C)C1. The predicted molar refractivity (Wildman–Crippen MR) is 155 cm³/mol. The third-order valence-electron chi connectivity index (χ3n) is 9.09. The number of aryl methyl sites for hydroxylation is 6. The Kier molecular flexibility index (Phi) is 5.56. The second kappa shape index (κ2) is 8.91. The van der Waals surface area contributed by atoms with Crippen LogP contribution in [0.25, 0.3) is 0 Å². The Labute approximate surface area is 231 Å². The number of rotatable bonds is 6. The van der Waals surface area contributed by atoms with E-state index in [0.717, 1.165) is 36.5 Å². The maximum Gasteiger partial charge on any atom is 0.128 e. The maximum atomic E-state index is 6.73.